The predicted molar refractivity (Wildman–Crippen MR) is 99.0 cm³/mol. The van der Waals surface area contributed by atoms with Gasteiger partial charge in [-0.15, -0.1) is 0 Å². The second kappa shape index (κ2) is 7.42. The number of benzene rings is 2. The summed E-state index contributed by atoms with van der Waals surface area (Å²) in [6.07, 6.45) is 1.83. The second-order valence-electron chi connectivity index (χ2n) is 5.08. The van der Waals surface area contributed by atoms with Crippen LogP contribution in [0.4, 0.5) is 15.9 Å². The first-order chi connectivity index (χ1) is 11.6. The van der Waals surface area contributed by atoms with Crippen molar-refractivity contribution < 1.29 is 4.39 Å². The van der Waals surface area contributed by atoms with Gasteiger partial charge in [-0.2, -0.15) is 5.10 Å². The van der Waals surface area contributed by atoms with Gasteiger partial charge in [0.15, 0.2) is 10.9 Å². The van der Waals surface area contributed by atoms with Crippen molar-refractivity contribution in [3.8, 4) is 0 Å². The average molecular weight is 361 g/mol. The molecule has 0 aliphatic rings. The van der Waals surface area contributed by atoms with Crippen LogP contribution in [0.3, 0.4) is 0 Å². The average Bonchev–Trinajstić information content (AvgIpc) is 2.96. The molecule has 0 spiro atoms. The van der Waals surface area contributed by atoms with Gasteiger partial charge >= 0.3 is 0 Å². The highest BCUT2D eigenvalue weighted by molar-refractivity contribution is 7.80. The third-order valence-electron chi connectivity index (χ3n) is 3.25. The second-order valence-corrected chi connectivity index (χ2v) is 5.89. The highest BCUT2D eigenvalue weighted by Crippen LogP contribution is 2.16. The van der Waals surface area contributed by atoms with E-state index in [9.17, 15) is 4.39 Å². The van der Waals surface area contributed by atoms with Crippen LogP contribution in [0.15, 0.2) is 60.8 Å². The Bertz CT molecular complexity index is 865. The normalized spacial score (nSPS) is 10.4. The van der Waals surface area contributed by atoms with Crippen molar-refractivity contribution in [2.24, 2.45) is 0 Å². The van der Waals surface area contributed by atoms with Crippen LogP contribution < -0.4 is 10.6 Å². The molecule has 1 aromatic heterocycles. The highest BCUT2D eigenvalue weighted by Gasteiger charge is 2.05. The molecule has 122 valence electrons. The van der Waals surface area contributed by atoms with Crippen LogP contribution in [0.1, 0.15) is 5.56 Å². The Balaban J connectivity index is 1.61. The van der Waals surface area contributed by atoms with E-state index in [0.29, 0.717) is 28.2 Å². The number of anilines is 2. The molecule has 0 saturated carbocycles. The fourth-order valence-corrected chi connectivity index (χ4v) is 2.58. The van der Waals surface area contributed by atoms with Gasteiger partial charge < -0.3 is 10.6 Å². The Morgan fingerprint density at radius 1 is 1.12 bits per heavy atom. The van der Waals surface area contributed by atoms with E-state index in [1.165, 1.54) is 12.1 Å². The van der Waals surface area contributed by atoms with Crippen molar-refractivity contribution in [2.45, 2.75) is 6.54 Å². The Labute approximate surface area is 149 Å². The van der Waals surface area contributed by atoms with Gasteiger partial charge in [-0.25, -0.2) is 4.39 Å². The first-order valence-corrected chi connectivity index (χ1v) is 7.99. The zero-order valence-corrected chi connectivity index (χ0v) is 14.1. The lowest BCUT2D eigenvalue weighted by molar-refractivity contribution is 0.628. The number of hydrogen-bond acceptors (Lipinski definition) is 2. The van der Waals surface area contributed by atoms with E-state index in [-0.39, 0.29) is 5.82 Å². The van der Waals surface area contributed by atoms with E-state index in [4.69, 9.17) is 23.8 Å². The van der Waals surface area contributed by atoms with Crippen LogP contribution >= 0.6 is 23.8 Å². The van der Waals surface area contributed by atoms with Crippen LogP contribution in [-0.2, 0) is 6.54 Å². The van der Waals surface area contributed by atoms with Gasteiger partial charge in [0.1, 0.15) is 5.82 Å². The molecular formula is C17H14ClFN4S. The van der Waals surface area contributed by atoms with Gasteiger partial charge in [-0.1, -0.05) is 35.9 Å². The molecule has 24 heavy (non-hydrogen) atoms. The van der Waals surface area contributed by atoms with Crippen LogP contribution in [0.2, 0.25) is 5.02 Å². The molecule has 3 aromatic rings. The molecule has 7 heteroatoms. The minimum atomic E-state index is -0.327. The number of nitrogens with zero attached hydrogens (tertiary/aromatic N) is 2. The molecule has 4 nitrogen and oxygen atoms in total. The largest absolute Gasteiger partial charge is 0.332 e. The minimum absolute atomic E-state index is 0.327. The lowest BCUT2D eigenvalue weighted by Gasteiger charge is -2.08. The number of rotatable bonds is 4. The summed E-state index contributed by atoms with van der Waals surface area (Å²) in [5.74, 6) is 0.266. The number of halogens is 2. The van der Waals surface area contributed by atoms with Crippen molar-refractivity contribution in [3.05, 3.63) is 77.2 Å². The van der Waals surface area contributed by atoms with Crippen molar-refractivity contribution in [3.63, 3.8) is 0 Å². The molecule has 0 fully saturated rings. The molecule has 0 bridgehead atoms. The van der Waals surface area contributed by atoms with Gasteiger partial charge in [-0.05, 0) is 42.0 Å². The Morgan fingerprint density at radius 3 is 2.75 bits per heavy atom. The summed E-state index contributed by atoms with van der Waals surface area (Å²) in [4.78, 5) is 0. The first-order valence-electron chi connectivity index (χ1n) is 7.20. The Hall–Kier alpha value is -2.44. The fourth-order valence-electron chi connectivity index (χ4n) is 2.16. The third-order valence-corrected chi connectivity index (χ3v) is 3.83. The molecule has 3 rings (SSSR count). The molecule has 2 N–H and O–H groups in total. The standard InChI is InChI=1S/C17H14ClFN4S/c18-15-7-2-1-4-12(15)11-23-9-8-16(22-23)21-17(24)20-14-6-3-5-13(19)10-14/h1-10H,11H2,(H2,20,21,22,24). The van der Waals surface area contributed by atoms with Crippen molar-refractivity contribution in [1.82, 2.24) is 9.78 Å². The number of hydrogen-bond donors (Lipinski definition) is 2. The summed E-state index contributed by atoms with van der Waals surface area (Å²) >= 11 is 11.4. The van der Waals surface area contributed by atoms with Gasteiger partial charge in [0.25, 0.3) is 0 Å². The van der Waals surface area contributed by atoms with Gasteiger partial charge in [0.2, 0.25) is 0 Å². The van der Waals surface area contributed by atoms with Crippen LogP contribution in [0, 0.1) is 5.82 Å². The van der Waals surface area contributed by atoms with Crippen LogP contribution in [0.25, 0.3) is 0 Å². The van der Waals surface area contributed by atoms with E-state index >= 15 is 0 Å². The van der Waals surface area contributed by atoms with Gasteiger partial charge in [-0.3, -0.25) is 4.68 Å². The zero-order valence-electron chi connectivity index (χ0n) is 12.5. The molecule has 0 amide bonds. The topological polar surface area (TPSA) is 41.9 Å². The molecule has 0 aliphatic heterocycles. The van der Waals surface area contributed by atoms with Crippen molar-refractivity contribution in [1.29, 1.82) is 0 Å². The maximum Gasteiger partial charge on any atom is 0.176 e. The Kier molecular flexibility index (Phi) is 5.08. The van der Waals surface area contributed by atoms with E-state index in [1.807, 2.05) is 30.5 Å². The van der Waals surface area contributed by atoms with Crippen molar-refractivity contribution >= 4 is 40.4 Å². The number of thiocarbonyl (C=S) groups is 1. The summed E-state index contributed by atoms with van der Waals surface area (Å²) in [6.45, 7) is 0.561. The summed E-state index contributed by atoms with van der Waals surface area (Å²) in [5.41, 5.74) is 1.55. The number of aromatic nitrogens is 2. The highest BCUT2D eigenvalue weighted by atomic mass is 35.5. The lowest BCUT2D eigenvalue weighted by Crippen LogP contribution is -2.19. The van der Waals surface area contributed by atoms with Gasteiger partial charge in [0.05, 0.1) is 6.54 Å². The van der Waals surface area contributed by atoms with Crippen LogP contribution in [-0.4, -0.2) is 14.9 Å². The molecule has 0 atom stereocenters. The SMILES string of the molecule is Fc1cccc(NC(=S)Nc2ccn(Cc3ccccc3Cl)n2)c1. The molecule has 0 saturated heterocycles. The van der Waals surface area contributed by atoms with Crippen molar-refractivity contribution in [2.75, 3.05) is 10.6 Å². The van der Waals surface area contributed by atoms with E-state index in [1.54, 1.807) is 22.9 Å². The lowest BCUT2D eigenvalue weighted by atomic mass is 10.2. The van der Waals surface area contributed by atoms with E-state index in [2.05, 4.69) is 15.7 Å². The van der Waals surface area contributed by atoms with Gasteiger partial charge in [0, 0.05) is 23.0 Å². The fraction of sp³-hybridized carbons (Fsp3) is 0.0588. The predicted octanol–water partition coefficient (Wildman–Crippen LogP) is 4.53. The minimum Gasteiger partial charge on any atom is -0.332 e. The third kappa shape index (κ3) is 4.31. The summed E-state index contributed by atoms with van der Waals surface area (Å²) < 4.78 is 14.9. The molecular weight excluding hydrogens is 347 g/mol. The van der Waals surface area contributed by atoms with E-state index in [0.717, 1.165) is 5.56 Å². The van der Waals surface area contributed by atoms with E-state index < -0.39 is 0 Å². The monoisotopic (exact) mass is 360 g/mol. The molecule has 1 heterocycles. The summed E-state index contributed by atoms with van der Waals surface area (Å²) in [6, 6.07) is 15.5. The molecule has 2 aromatic carbocycles. The summed E-state index contributed by atoms with van der Waals surface area (Å²) in [5, 5.41) is 11.3. The van der Waals surface area contributed by atoms with Crippen LogP contribution in [0.5, 0.6) is 0 Å². The smallest absolute Gasteiger partial charge is 0.176 e. The Morgan fingerprint density at radius 2 is 1.96 bits per heavy atom. The maximum absolute atomic E-state index is 13.2. The summed E-state index contributed by atoms with van der Waals surface area (Å²) in [7, 11) is 0. The molecule has 0 aliphatic carbocycles. The molecule has 0 unspecified atom stereocenters. The first kappa shape index (κ1) is 16.4. The zero-order chi connectivity index (χ0) is 16.9. The number of nitrogens with one attached hydrogen (secondary N) is 2. The maximum atomic E-state index is 13.2. The quantitative estimate of drug-likeness (QED) is 0.671. The molecule has 0 radical (unpaired) electrons.